The lowest BCUT2D eigenvalue weighted by molar-refractivity contribution is -0.137. The summed E-state index contributed by atoms with van der Waals surface area (Å²) in [5.74, 6) is 0.362. The van der Waals surface area contributed by atoms with Crippen molar-refractivity contribution in [2.24, 2.45) is 4.99 Å². The minimum atomic E-state index is -0.922. The van der Waals surface area contributed by atoms with E-state index in [0.29, 0.717) is 5.82 Å². The number of aliphatic carboxylic acids is 1. The molecule has 0 bridgehead atoms. The van der Waals surface area contributed by atoms with Crippen LogP contribution in [0.1, 0.15) is 45.7 Å². The van der Waals surface area contributed by atoms with E-state index < -0.39 is 12.0 Å². The van der Waals surface area contributed by atoms with Crippen molar-refractivity contribution in [2.75, 3.05) is 0 Å². The van der Waals surface area contributed by atoms with Crippen molar-refractivity contribution in [3.05, 3.63) is 69.9 Å². The number of aryl methyl sites for hydroxylation is 2. The molecule has 1 aliphatic heterocycles. The number of carboxylic acids is 1. The molecule has 0 aliphatic carbocycles. The van der Waals surface area contributed by atoms with Crippen LogP contribution in [0.3, 0.4) is 0 Å². The first kappa shape index (κ1) is 19.4. The molecule has 2 N–H and O–H groups in total. The van der Waals surface area contributed by atoms with Crippen molar-refractivity contribution >= 4 is 23.0 Å². The number of thiophene rings is 1. The van der Waals surface area contributed by atoms with E-state index in [1.807, 2.05) is 42.0 Å². The summed E-state index contributed by atoms with van der Waals surface area (Å²) in [5, 5.41) is 25.9. The Labute approximate surface area is 182 Å². The largest absolute Gasteiger partial charge is 0.481 e. The number of aromatic amines is 1. The van der Waals surface area contributed by atoms with Gasteiger partial charge in [-0.1, -0.05) is 24.3 Å². The van der Waals surface area contributed by atoms with Crippen LogP contribution in [0.4, 0.5) is 0 Å². The van der Waals surface area contributed by atoms with E-state index in [9.17, 15) is 9.90 Å². The van der Waals surface area contributed by atoms with Crippen LogP contribution >= 0.6 is 11.3 Å². The van der Waals surface area contributed by atoms with Crippen LogP contribution in [0.15, 0.2) is 41.7 Å². The second-order valence-corrected chi connectivity index (χ2v) is 8.76. The highest BCUT2D eigenvalue weighted by molar-refractivity contribution is 7.15. The number of aliphatic imine (C=N–C) groups is 1. The molecule has 0 fully saturated rings. The Kier molecular flexibility index (Phi) is 4.55. The maximum Gasteiger partial charge on any atom is 0.306 e. The van der Waals surface area contributed by atoms with Gasteiger partial charge in [-0.15, -0.1) is 21.5 Å². The molecule has 3 aromatic heterocycles. The zero-order chi connectivity index (χ0) is 21.7. The normalized spacial score (nSPS) is 15.2. The molecule has 5 rings (SSSR count). The average molecular weight is 433 g/mol. The molecule has 0 unspecified atom stereocenters. The van der Waals surface area contributed by atoms with Gasteiger partial charge in [0.2, 0.25) is 0 Å². The predicted octanol–water partition coefficient (Wildman–Crippen LogP) is 4.01. The topological polar surface area (TPSA) is 109 Å². The fourth-order valence-corrected chi connectivity index (χ4v) is 5.13. The van der Waals surface area contributed by atoms with Crippen molar-refractivity contribution in [3.8, 4) is 16.1 Å². The Hall–Kier alpha value is -3.59. The van der Waals surface area contributed by atoms with E-state index in [0.717, 1.165) is 44.4 Å². The minimum absolute atomic E-state index is 0.151. The van der Waals surface area contributed by atoms with Crippen LogP contribution in [-0.2, 0) is 4.79 Å². The third-order valence-corrected chi connectivity index (χ3v) is 6.79. The van der Waals surface area contributed by atoms with Crippen molar-refractivity contribution < 1.29 is 9.90 Å². The highest BCUT2D eigenvalue weighted by Crippen LogP contribution is 2.39. The van der Waals surface area contributed by atoms with E-state index >= 15 is 0 Å². The van der Waals surface area contributed by atoms with Crippen LogP contribution in [0.5, 0.6) is 0 Å². The van der Waals surface area contributed by atoms with Gasteiger partial charge < -0.3 is 5.11 Å². The second-order valence-electron chi connectivity index (χ2n) is 7.56. The lowest BCUT2D eigenvalue weighted by Crippen LogP contribution is -2.10. The van der Waals surface area contributed by atoms with Crippen LogP contribution in [0.2, 0.25) is 0 Å². The molecule has 8 nitrogen and oxygen atoms in total. The van der Waals surface area contributed by atoms with Crippen molar-refractivity contribution in [3.63, 3.8) is 0 Å². The first-order valence-corrected chi connectivity index (χ1v) is 10.7. The Morgan fingerprint density at radius 2 is 1.87 bits per heavy atom. The number of carbonyl (C=O) groups is 1. The lowest BCUT2D eigenvalue weighted by atomic mass is 9.97. The third-order valence-electron chi connectivity index (χ3n) is 5.60. The number of hydrogen-bond donors (Lipinski definition) is 2. The highest BCUT2D eigenvalue weighted by atomic mass is 32.1. The molecular weight excluding hydrogens is 412 g/mol. The van der Waals surface area contributed by atoms with Gasteiger partial charge in [0.1, 0.15) is 16.9 Å². The van der Waals surface area contributed by atoms with E-state index in [2.05, 4.69) is 34.2 Å². The standard InChI is InChI=1S/C22H20N6O2S/c1-11-12(2)31-22-19(11)20(15-6-4-14(5-7-15)16-9-23-24-10-16)25-17(8-18(29)30)21-27-26-13(3)28(21)22/h4-7,9-10,17H,8H2,1-3H3,(H,23,24)(H,29,30)/t17-/m0/s1. The van der Waals surface area contributed by atoms with Crippen LogP contribution in [0.25, 0.3) is 16.1 Å². The van der Waals surface area contributed by atoms with Crippen molar-refractivity contribution in [2.45, 2.75) is 33.2 Å². The number of carboxylic acid groups (broad SMARTS) is 1. The van der Waals surface area contributed by atoms with E-state index in [1.54, 1.807) is 17.5 Å². The molecule has 1 aliphatic rings. The molecule has 0 amide bonds. The first-order chi connectivity index (χ1) is 14.9. The average Bonchev–Trinajstić information content (AvgIpc) is 3.44. The van der Waals surface area contributed by atoms with E-state index in [4.69, 9.17) is 4.99 Å². The summed E-state index contributed by atoms with van der Waals surface area (Å²) in [7, 11) is 0. The van der Waals surface area contributed by atoms with Gasteiger partial charge in [-0.05, 0) is 31.9 Å². The number of fused-ring (bicyclic) bond motifs is 3. The zero-order valence-corrected chi connectivity index (χ0v) is 18.1. The molecule has 1 aromatic carbocycles. The number of rotatable bonds is 4. The molecule has 0 saturated carbocycles. The summed E-state index contributed by atoms with van der Waals surface area (Å²) in [6.07, 6.45) is 3.47. The Morgan fingerprint density at radius 3 is 2.55 bits per heavy atom. The highest BCUT2D eigenvalue weighted by Gasteiger charge is 2.32. The number of benzene rings is 1. The van der Waals surface area contributed by atoms with Crippen LogP contribution < -0.4 is 0 Å². The number of H-pyrrole nitrogens is 1. The van der Waals surface area contributed by atoms with Gasteiger partial charge in [0.05, 0.1) is 18.3 Å². The predicted molar refractivity (Wildman–Crippen MR) is 118 cm³/mol. The Balaban J connectivity index is 1.72. The Bertz CT molecular complexity index is 1310. The quantitative estimate of drug-likeness (QED) is 0.506. The number of nitrogens with zero attached hydrogens (tertiary/aromatic N) is 5. The number of aromatic nitrogens is 5. The molecule has 4 heterocycles. The van der Waals surface area contributed by atoms with Crippen LogP contribution in [-0.4, -0.2) is 41.7 Å². The Morgan fingerprint density at radius 1 is 1.13 bits per heavy atom. The number of hydrogen-bond acceptors (Lipinski definition) is 6. The van der Waals surface area contributed by atoms with Crippen molar-refractivity contribution in [1.82, 2.24) is 25.0 Å². The van der Waals surface area contributed by atoms with E-state index in [1.165, 1.54) is 4.88 Å². The molecule has 4 aromatic rings. The summed E-state index contributed by atoms with van der Waals surface area (Å²) in [4.78, 5) is 17.7. The fourth-order valence-electron chi connectivity index (χ4n) is 3.92. The van der Waals surface area contributed by atoms with Gasteiger partial charge in [0.15, 0.2) is 5.82 Å². The minimum Gasteiger partial charge on any atom is -0.481 e. The molecule has 9 heteroatoms. The zero-order valence-electron chi connectivity index (χ0n) is 17.2. The monoisotopic (exact) mass is 432 g/mol. The summed E-state index contributed by atoms with van der Waals surface area (Å²) in [6, 6.07) is 7.48. The van der Waals surface area contributed by atoms with Crippen molar-refractivity contribution in [1.29, 1.82) is 0 Å². The molecule has 1 atom stereocenters. The third kappa shape index (κ3) is 3.17. The fraction of sp³-hybridized carbons (Fsp3) is 0.227. The SMILES string of the molecule is Cc1sc2c(c1C)C(c1ccc(-c3cn[nH]c3)cc1)=N[C@@H](CC(=O)O)c1nnc(C)n1-2. The van der Waals surface area contributed by atoms with Gasteiger partial charge in [0.25, 0.3) is 0 Å². The maximum atomic E-state index is 11.6. The van der Waals surface area contributed by atoms with Gasteiger partial charge in [-0.25, -0.2) is 0 Å². The molecule has 0 saturated heterocycles. The first-order valence-electron chi connectivity index (χ1n) is 9.86. The van der Waals surface area contributed by atoms with E-state index in [-0.39, 0.29) is 6.42 Å². The lowest BCUT2D eigenvalue weighted by Gasteiger charge is -2.11. The smallest absolute Gasteiger partial charge is 0.306 e. The van der Waals surface area contributed by atoms with Gasteiger partial charge >= 0.3 is 5.97 Å². The summed E-state index contributed by atoms with van der Waals surface area (Å²) in [5.41, 5.74) is 5.90. The van der Waals surface area contributed by atoms with Gasteiger partial charge in [-0.2, -0.15) is 5.10 Å². The van der Waals surface area contributed by atoms with Gasteiger partial charge in [-0.3, -0.25) is 19.5 Å². The molecule has 0 spiro atoms. The molecule has 156 valence electrons. The maximum absolute atomic E-state index is 11.6. The summed E-state index contributed by atoms with van der Waals surface area (Å²) in [6.45, 7) is 6.05. The summed E-state index contributed by atoms with van der Waals surface area (Å²) < 4.78 is 1.96. The summed E-state index contributed by atoms with van der Waals surface area (Å²) >= 11 is 1.65. The number of nitrogens with one attached hydrogen (secondary N) is 1. The second kappa shape index (κ2) is 7.28. The van der Waals surface area contributed by atoms with Gasteiger partial charge in [0, 0.05) is 27.8 Å². The van der Waals surface area contributed by atoms with Crippen LogP contribution in [0, 0.1) is 20.8 Å². The molecule has 0 radical (unpaired) electrons. The molecular formula is C22H20N6O2S. The molecule has 31 heavy (non-hydrogen) atoms.